The molecule has 1 aliphatic heterocycles. The van der Waals surface area contributed by atoms with Gasteiger partial charge in [0.15, 0.2) is 0 Å². The highest BCUT2D eigenvalue weighted by Gasteiger charge is 2.30. The predicted octanol–water partition coefficient (Wildman–Crippen LogP) is 2.14. The van der Waals surface area contributed by atoms with E-state index in [1.54, 1.807) is 11.8 Å². The number of likely N-dealkylation sites (N-methyl/N-ethyl adjacent to an activating group) is 1. The van der Waals surface area contributed by atoms with E-state index in [2.05, 4.69) is 26.6 Å². The zero-order valence-corrected chi connectivity index (χ0v) is 12.4. The third-order valence-electron chi connectivity index (χ3n) is 2.69. The molecule has 0 spiro atoms. The Labute approximate surface area is 119 Å². The highest BCUT2D eigenvalue weighted by molar-refractivity contribution is 9.10. The lowest BCUT2D eigenvalue weighted by Crippen LogP contribution is -2.27. The maximum Gasteiger partial charge on any atom is 0.246 e. The number of thioether (sulfide) groups is 1. The highest BCUT2D eigenvalue weighted by Crippen LogP contribution is 2.38. The van der Waals surface area contributed by atoms with Crippen LogP contribution in [0.5, 0.6) is 0 Å². The minimum atomic E-state index is -0.266. The third kappa shape index (κ3) is 2.71. The Bertz CT molecular complexity index is 468. The fourth-order valence-corrected chi connectivity index (χ4v) is 3.35. The van der Waals surface area contributed by atoms with E-state index >= 15 is 0 Å². The largest absolute Gasteiger partial charge is 0.396 e. The van der Waals surface area contributed by atoms with Crippen LogP contribution in [0.4, 0.5) is 5.69 Å². The van der Waals surface area contributed by atoms with E-state index in [-0.39, 0.29) is 18.6 Å². The summed E-state index contributed by atoms with van der Waals surface area (Å²) in [5.74, 6) is 0.630. The Morgan fingerprint density at radius 1 is 1.56 bits per heavy atom. The van der Waals surface area contributed by atoms with Gasteiger partial charge in [-0.3, -0.25) is 4.79 Å². The maximum absolute atomic E-state index is 11.8. The number of fused-ring (bicyclic) bond motifs is 1. The van der Waals surface area contributed by atoms with Crippen molar-refractivity contribution >= 4 is 39.3 Å². The van der Waals surface area contributed by atoms with E-state index in [9.17, 15) is 4.79 Å². The zero-order valence-electron chi connectivity index (χ0n) is 10.00. The number of aliphatic hydroxyl groups is 1. The molecule has 0 saturated carbocycles. The molecule has 2 rings (SSSR count). The van der Waals surface area contributed by atoms with E-state index < -0.39 is 0 Å². The molecule has 1 amide bonds. The molecule has 0 aromatic heterocycles. The predicted molar refractivity (Wildman–Crippen MR) is 77.0 cm³/mol. The van der Waals surface area contributed by atoms with Crippen LogP contribution in [-0.2, 0) is 4.79 Å². The third-order valence-corrected chi connectivity index (χ3v) is 4.65. The van der Waals surface area contributed by atoms with Gasteiger partial charge in [0.2, 0.25) is 5.91 Å². The summed E-state index contributed by atoms with van der Waals surface area (Å²) in [5, 5.41) is 14.9. The van der Waals surface area contributed by atoms with Gasteiger partial charge in [0.25, 0.3) is 0 Å². The first-order chi connectivity index (χ1) is 8.67. The number of carbonyl (C=O) groups is 1. The smallest absolute Gasteiger partial charge is 0.246 e. The van der Waals surface area contributed by atoms with Crippen LogP contribution in [-0.4, -0.2) is 29.9 Å². The summed E-state index contributed by atoms with van der Waals surface area (Å²) in [4.78, 5) is 12.9. The number of amides is 1. The van der Waals surface area contributed by atoms with Crippen LogP contribution in [0.2, 0.25) is 0 Å². The van der Waals surface area contributed by atoms with Crippen LogP contribution in [0, 0.1) is 0 Å². The maximum atomic E-state index is 11.8. The number of hydrogen-bond donors (Lipinski definition) is 3. The van der Waals surface area contributed by atoms with Crippen molar-refractivity contribution in [3.05, 3.63) is 22.2 Å². The molecular formula is C12H15BrN2O2S. The highest BCUT2D eigenvalue weighted by atomic mass is 79.9. The first-order valence-electron chi connectivity index (χ1n) is 5.78. The minimum Gasteiger partial charge on any atom is -0.396 e. The molecule has 18 heavy (non-hydrogen) atoms. The summed E-state index contributed by atoms with van der Waals surface area (Å²) < 4.78 is 0.958. The molecule has 0 radical (unpaired) electrons. The molecule has 3 N–H and O–H groups in total. The molecule has 1 aromatic carbocycles. The topological polar surface area (TPSA) is 61.4 Å². The normalized spacial score (nSPS) is 17.7. The Kier molecular flexibility index (Phi) is 4.66. The summed E-state index contributed by atoms with van der Waals surface area (Å²) in [6.45, 7) is 2.86. The van der Waals surface area contributed by atoms with Gasteiger partial charge >= 0.3 is 0 Å². The van der Waals surface area contributed by atoms with Gasteiger partial charge < -0.3 is 15.7 Å². The van der Waals surface area contributed by atoms with Crippen LogP contribution >= 0.6 is 27.7 Å². The first-order valence-corrected chi connectivity index (χ1v) is 7.56. The second-order valence-electron chi connectivity index (χ2n) is 3.92. The van der Waals surface area contributed by atoms with Crippen LogP contribution in [0.1, 0.15) is 18.5 Å². The first kappa shape index (κ1) is 13.9. The Morgan fingerprint density at radius 2 is 2.33 bits per heavy atom. The SMILES string of the molecule is CCNC1C(=O)Nc2cc(SCCO)c(Br)cc21. The Balaban J connectivity index is 2.29. The number of anilines is 1. The van der Waals surface area contributed by atoms with Crippen molar-refractivity contribution in [3.8, 4) is 0 Å². The minimum absolute atomic E-state index is 0.0111. The van der Waals surface area contributed by atoms with Crippen molar-refractivity contribution in [2.24, 2.45) is 0 Å². The second kappa shape index (κ2) is 6.06. The summed E-state index contributed by atoms with van der Waals surface area (Å²) in [6.07, 6.45) is 0. The van der Waals surface area contributed by atoms with Crippen LogP contribution in [0.15, 0.2) is 21.5 Å². The monoisotopic (exact) mass is 330 g/mol. The molecule has 1 unspecified atom stereocenters. The lowest BCUT2D eigenvalue weighted by molar-refractivity contribution is -0.117. The van der Waals surface area contributed by atoms with Gasteiger partial charge in [0.05, 0.1) is 6.61 Å². The second-order valence-corrected chi connectivity index (χ2v) is 5.91. The van der Waals surface area contributed by atoms with Crippen LogP contribution < -0.4 is 10.6 Å². The molecule has 1 aliphatic rings. The lowest BCUT2D eigenvalue weighted by atomic mass is 10.1. The molecule has 1 heterocycles. The van der Waals surface area contributed by atoms with Gasteiger partial charge in [-0.05, 0) is 34.6 Å². The van der Waals surface area contributed by atoms with Crippen molar-refractivity contribution in [1.82, 2.24) is 5.32 Å². The van der Waals surface area contributed by atoms with E-state index in [1.807, 2.05) is 19.1 Å². The average Bonchev–Trinajstić information content (AvgIpc) is 2.64. The summed E-state index contributed by atoms with van der Waals surface area (Å²) >= 11 is 5.07. The van der Waals surface area contributed by atoms with Crippen molar-refractivity contribution in [1.29, 1.82) is 0 Å². The zero-order chi connectivity index (χ0) is 13.1. The van der Waals surface area contributed by atoms with Gasteiger partial charge in [0, 0.05) is 26.4 Å². The van der Waals surface area contributed by atoms with Crippen molar-refractivity contribution in [3.63, 3.8) is 0 Å². The van der Waals surface area contributed by atoms with Gasteiger partial charge in [-0.15, -0.1) is 11.8 Å². The number of nitrogens with one attached hydrogen (secondary N) is 2. The molecule has 4 nitrogen and oxygen atoms in total. The molecule has 0 aliphatic carbocycles. The summed E-state index contributed by atoms with van der Waals surface area (Å²) in [6, 6.07) is 3.66. The van der Waals surface area contributed by atoms with Crippen LogP contribution in [0.3, 0.4) is 0 Å². The average molecular weight is 331 g/mol. The van der Waals surface area contributed by atoms with Crippen molar-refractivity contribution in [2.45, 2.75) is 17.9 Å². The number of rotatable bonds is 5. The fraction of sp³-hybridized carbons (Fsp3) is 0.417. The number of carbonyl (C=O) groups excluding carboxylic acids is 1. The number of aliphatic hydroxyl groups excluding tert-OH is 1. The van der Waals surface area contributed by atoms with Gasteiger partial charge in [0.1, 0.15) is 6.04 Å². The van der Waals surface area contributed by atoms with Gasteiger partial charge in [-0.2, -0.15) is 0 Å². The molecular weight excluding hydrogens is 316 g/mol. The standard InChI is InChI=1S/C12H15BrN2O2S/c1-2-14-11-7-5-8(13)10(18-4-3-16)6-9(7)15-12(11)17/h5-6,11,14,16H,2-4H2,1H3,(H,15,17). The fourth-order valence-electron chi connectivity index (χ4n) is 1.93. The number of benzene rings is 1. The molecule has 1 aromatic rings. The molecule has 1 atom stereocenters. The Hall–Kier alpha value is -0.560. The molecule has 0 fully saturated rings. The molecule has 6 heteroatoms. The van der Waals surface area contributed by atoms with E-state index in [0.29, 0.717) is 5.75 Å². The quantitative estimate of drug-likeness (QED) is 0.724. The van der Waals surface area contributed by atoms with Crippen LogP contribution in [0.25, 0.3) is 0 Å². The number of halogens is 1. The molecule has 0 bridgehead atoms. The van der Waals surface area contributed by atoms with Gasteiger partial charge in [-0.1, -0.05) is 6.92 Å². The van der Waals surface area contributed by atoms with Crippen molar-refractivity contribution in [2.75, 3.05) is 24.2 Å². The Morgan fingerprint density at radius 3 is 3.00 bits per heavy atom. The lowest BCUT2D eigenvalue weighted by Gasteiger charge is -2.11. The van der Waals surface area contributed by atoms with Crippen molar-refractivity contribution < 1.29 is 9.90 Å². The molecule has 98 valence electrons. The van der Waals surface area contributed by atoms with E-state index in [0.717, 1.165) is 27.2 Å². The number of hydrogen-bond acceptors (Lipinski definition) is 4. The summed E-state index contributed by atoms with van der Waals surface area (Å²) in [7, 11) is 0. The van der Waals surface area contributed by atoms with E-state index in [1.165, 1.54) is 0 Å². The van der Waals surface area contributed by atoms with Gasteiger partial charge in [-0.25, -0.2) is 0 Å². The molecule has 0 saturated heterocycles. The summed E-state index contributed by atoms with van der Waals surface area (Å²) in [5.41, 5.74) is 1.83. The van der Waals surface area contributed by atoms with E-state index in [4.69, 9.17) is 5.11 Å².